The van der Waals surface area contributed by atoms with Gasteiger partial charge in [-0.15, -0.1) is 0 Å². The van der Waals surface area contributed by atoms with Crippen molar-refractivity contribution in [3.63, 3.8) is 0 Å². The number of hydrogen-bond donors (Lipinski definition) is 2. The highest BCUT2D eigenvalue weighted by atomic mass is 16.4. The summed E-state index contributed by atoms with van der Waals surface area (Å²) in [7, 11) is 0. The summed E-state index contributed by atoms with van der Waals surface area (Å²) in [6.07, 6.45) is 2.14. The Morgan fingerprint density at radius 1 is 1.14 bits per heavy atom. The lowest BCUT2D eigenvalue weighted by atomic mass is 10.3. The molecule has 0 fully saturated rings. The molecule has 0 bridgehead atoms. The van der Waals surface area contributed by atoms with Gasteiger partial charge in [0, 0.05) is 0 Å². The first-order valence-corrected chi connectivity index (χ1v) is 4.96. The van der Waals surface area contributed by atoms with Crippen molar-refractivity contribution < 1.29 is 14.7 Å². The fourth-order valence-electron chi connectivity index (χ4n) is 0.692. The number of hydrogen-bond acceptors (Lipinski definition) is 3. The van der Waals surface area contributed by atoms with Gasteiger partial charge in [-0.1, -0.05) is 13.8 Å². The molecule has 0 aromatic rings. The highest BCUT2D eigenvalue weighted by Gasteiger charge is 1.98. The van der Waals surface area contributed by atoms with Gasteiger partial charge in [0.15, 0.2) is 0 Å². The van der Waals surface area contributed by atoms with E-state index in [9.17, 15) is 9.59 Å². The SMILES string of the molecule is CC(=O)CC(=O)O.CCCNCCC. The molecule has 0 atom stereocenters. The fourth-order valence-corrected chi connectivity index (χ4v) is 0.692. The van der Waals surface area contributed by atoms with Crippen molar-refractivity contribution in [3.8, 4) is 0 Å². The maximum absolute atomic E-state index is 9.87. The van der Waals surface area contributed by atoms with Crippen LogP contribution in [0.2, 0.25) is 0 Å². The topological polar surface area (TPSA) is 66.4 Å². The molecule has 0 saturated carbocycles. The third kappa shape index (κ3) is 22.5. The van der Waals surface area contributed by atoms with Gasteiger partial charge in [0.05, 0.1) is 0 Å². The van der Waals surface area contributed by atoms with Crippen LogP contribution >= 0.6 is 0 Å². The fraction of sp³-hybridized carbons (Fsp3) is 0.800. The minimum atomic E-state index is -1.06. The molecule has 4 heteroatoms. The van der Waals surface area contributed by atoms with Crippen molar-refractivity contribution in [2.45, 2.75) is 40.0 Å². The van der Waals surface area contributed by atoms with Crippen molar-refractivity contribution in [2.24, 2.45) is 0 Å². The van der Waals surface area contributed by atoms with E-state index in [1.807, 2.05) is 0 Å². The Bertz CT molecular complexity index is 141. The van der Waals surface area contributed by atoms with Gasteiger partial charge < -0.3 is 10.4 Å². The first-order valence-electron chi connectivity index (χ1n) is 4.96. The molecule has 84 valence electrons. The predicted octanol–water partition coefficient (Wildman–Crippen LogP) is 1.45. The Labute approximate surface area is 85.7 Å². The Balaban J connectivity index is 0. The van der Waals surface area contributed by atoms with Crippen LogP contribution in [0.3, 0.4) is 0 Å². The molecule has 0 aromatic heterocycles. The largest absolute Gasteiger partial charge is 0.481 e. The van der Waals surface area contributed by atoms with Gasteiger partial charge in [0.1, 0.15) is 12.2 Å². The van der Waals surface area contributed by atoms with Crippen molar-refractivity contribution >= 4 is 11.8 Å². The molecule has 0 aliphatic heterocycles. The van der Waals surface area contributed by atoms with E-state index < -0.39 is 5.97 Å². The Hall–Kier alpha value is -0.900. The van der Waals surface area contributed by atoms with E-state index in [2.05, 4.69) is 19.2 Å². The summed E-state index contributed by atoms with van der Waals surface area (Å²) in [4.78, 5) is 19.5. The van der Waals surface area contributed by atoms with E-state index in [0.717, 1.165) is 0 Å². The number of rotatable bonds is 6. The lowest BCUT2D eigenvalue weighted by Crippen LogP contribution is -2.14. The van der Waals surface area contributed by atoms with E-state index in [1.54, 1.807) is 0 Å². The van der Waals surface area contributed by atoms with Gasteiger partial charge in [-0.05, 0) is 32.9 Å². The van der Waals surface area contributed by atoms with Crippen LogP contribution in [0.5, 0.6) is 0 Å². The lowest BCUT2D eigenvalue weighted by molar-refractivity contribution is -0.139. The second-order valence-corrected chi connectivity index (χ2v) is 3.02. The molecule has 0 spiro atoms. The van der Waals surface area contributed by atoms with Crippen molar-refractivity contribution in [2.75, 3.05) is 13.1 Å². The highest BCUT2D eigenvalue weighted by Crippen LogP contribution is 1.77. The number of nitrogens with one attached hydrogen (secondary N) is 1. The monoisotopic (exact) mass is 203 g/mol. The molecule has 0 aliphatic rings. The van der Waals surface area contributed by atoms with Gasteiger partial charge in [-0.25, -0.2) is 0 Å². The predicted molar refractivity (Wildman–Crippen MR) is 56.4 cm³/mol. The third-order valence-electron chi connectivity index (χ3n) is 1.25. The number of carboxylic acids is 1. The number of carbonyl (C=O) groups excluding carboxylic acids is 1. The average Bonchev–Trinajstić information content (AvgIpc) is 2.04. The first kappa shape index (κ1) is 15.6. The minimum absolute atomic E-state index is 0.312. The summed E-state index contributed by atoms with van der Waals surface area (Å²) in [5.41, 5.74) is 0. The van der Waals surface area contributed by atoms with Crippen molar-refractivity contribution in [3.05, 3.63) is 0 Å². The van der Waals surface area contributed by atoms with Crippen LogP contribution in [0.4, 0.5) is 0 Å². The van der Waals surface area contributed by atoms with Crippen molar-refractivity contribution in [1.82, 2.24) is 5.32 Å². The van der Waals surface area contributed by atoms with Gasteiger partial charge >= 0.3 is 5.97 Å². The molecule has 0 rings (SSSR count). The molecule has 0 aromatic carbocycles. The number of ketones is 1. The maximum Gasteiger partial charge on any atom is 0.310 e. The second-order valence-electron chi connectivity index (χ2n) is 3.02. The highest BCUT2D eigenvalue weighted by molar-refractivity contribution is 5.93. The standard InChI is InChI=1S/C6H15N.C4H6O3/c1-3-5-7-6-4-2;1-3(5)2-4(6)7/h7H,3-6H2,1-2H3;2H2,1H3,(H,6,7). The summed E-state index contributed by atoms with van der Waals surface area (Å²) in [6.45, 7) is 7.96. The Kier molecular flexibility index (Phi) is 13.5. The van der Waals surface area contributed by atoms with Crippen LogP contribution in [-0.2, 0) is 9.59 Å². The molecule has 0 radical (unpaired) electrons. The Morgan fingerprint density at radius 2 is 1.57 bits per heavy atom. The lowest BCUT2D eigenvalue weighted by Gasteiger charge is -1.95. The van der Waals surface area contributed by atoms with E-state index in [0.29, 0.717) is 0 Å². The van der Waals surface area contributed by atoms with E-state index in [1.165, 1.54) is 32.9 Å². The molecule has 0 amide bonds. The van der Waals surface area contributed by atoms with E-state index in [-0.39, 0.29) is 12.2 Å². The molecule has 4 nitrogen and oxygen atoms in total. The first-order chi connectivity index (χ1) is 6.54. The zero-order chi connectivity index (χ0) is 11.4. The van der Waals surface area contributed by atoms with Crippen LogP contribution in [0.15, 0.2) is 0 Å². The summed E-state index contributed by atoms with van der Waals surface area (Å²) in [5.74, 6) is -1.37. The number of carboxylic acid groups (broad SMARTS) is 1. The van der Waals surface area contributed by atoms with E-state index >= 15 is 0 Å². The zero-order valence-electron chi connectivity index (χ0n) is 9.30. The van der Waals surface area contributed by atoms with Crippen LogP contribution in [-0.4, -0.2) is 29.9 Å². The number of Topliss-reactive ketones (excluding diaryl/α,β-unsaturated/α-hetero) is 1. The molecule has 2 N–H and O–H groups in total. The molecular weight excluding hydrogens is 182 g/mol. The van der Waals surface area contributed by atoms with Gasteiger partial charge in [0.2, 0.25) is 0 Å². The maximum atomic E-state index is 9.87. The van der Waals surface area contributed by atoms with Crippen LogP contribution in [0, 0.1) is 0 Å². The van der Waals surface area contributed by atoms with Gasteiger partial charge in [-0.3, -0.25) is 9.59 Å². The summed E-state index contributed by atoms with van der Waals surface area (Å²) in [5, 5.41) is 11.1. The quantitative estimate of drug-likeness (QED) is 0.506. The van der Waals surface area contributed by atoms with Gasteiger partial charge in [0.25, 0.3) is 0 Å². The number of aliphatic carboxylic acids is 1. The normalized spacial score (nSPS) is 8.79. The summed E-state index contributed by atoms with van der Waals surface area (Å²) >= 11 is 0. The third-order valence-corrected chi connectivity index (χ3v) is 1.25. The summed E-state index contributed by atoms with van der Waals surface area (Å²) in [6, 6.07) is 0. The van der Waals surface area contributed by atoms with Gasteiger partial charge in [-0.2, -0.15) is 0 Å². The van der Waals surface area contributed by atoms with E-state index in [4.69, 9.17) is 5.11 Å². The smallest absolute Gasteiger partial charge is 0.310 e. The minimum Gasteiger partial charge on any atom is -0.481 e. The molecule has 0 aliphatic carbocycles. The number of carbonyl (C=O) groups is 2. The second kappa shape index (κ2) is 12.1. The van der Waals surface area contributed by atoms with Crippen LogP contribution in [0.25, 0.3) is 0 Å². The molecular formula is C10H21NO3. The van der Waals surface area contributed by atoms with Crippen LogP contribution < -0.4 is 5.32 Å². The zero-order valence-corrected chi connectivity index (χ0v) is 9.30. The average molecular weight is 203 g/mol. The van der Waals surface area contributed by atoms with Crippen molar-refractivity contribution in [1.29, 1.82) is 0 Å². The molecule has 14 heavy (non-hydrogen) atoms. The molecule has 0 heterocycles. The summed E-state index contributed by atoms with van der Waals surface area (Å²) < 4.78 is 0. The van der Waals surface area contributed by atoms with Crippen LogP contribution in [0.1, 0.15) is 40.0 Å². The molecule has 0 unspecified atom stereocenters. The Morgan fingerprint density at radius 3 is 1.71 bits per heavy atom. The molecule has 0 saturated heterocycles.